The molecule has 0 aliphatic rings. The van der Waals surface area contributed by atoms with Crippen molar-refractivity contribution in [2.75, 3.05) is 0 Å². The third-order valence-corrected chi connectivity index (χ3v) is 3.17. The predicted molar refractivity (Wildman–Crippen MR) is 72.0 cm³/mol. The Morgan fingerprint density at radius 3 is 2.18 bits per heavy atom. The zero-order chi connectivity index (χ0) is 12.4. The Labute approximate surface area is 110 Å². The van der Waals surface area contributed by atoms with Crippen molar-refractivity contribution in [2.45, 2.75) is 6.92 Å². The van der Waals surface area contributed by atoms with Gasteiger partial charge in [0.1, 0.15) is 0 Å². The van der Waals surface area contributed by atoms with Gasteiger partial charge in [-0.15, -0.1) is 0 Å². The predicted octanol–water partition coefficient (Wildman–Crippen LogP) is 4.78. The molecule has 2 rings (SSSR count). The molecule has 0 bridgehead atoms. The van der Waals surface area contributed by atoms with Crippen molar-refractivity contribution >= 4 is 29.5 Å². The summed E-state index contributed by atoms with van der Waals surface area (Å²) in [5.74, 6) is 0. The molecule has 0 aliphatic carbocycles. The van der Waals surface area contributed by atoms with Crippen LogP contribution in [0.3, 0.4) is 0 Å². The van der Waals surface area contributed by atoms with E-state index in [0.29, 0.717) is 21.9 Å². The molecule has 2 aromatic rings. The Bertz CT molecular complexity index is 553. The smallest absolute Gasteiger partial charge is 0.153 e. The highest BCUT2D eigenvalue weighted by Gasteiger charge is 2.08. The average molecular weight is 265 g/mol. The van der Waals surface area contributed by atoms with Gasteiger partial charge in [-0.05, 0) is 30.2 Å². The van der Waals surface area contributed by atoms with Crippen LogP contribution in [0.15, 0.2) is 36.4 Å². The second kappa shape index (κ2) is 4.91. The lowest BCUT2D eigenvalue weighted by molar-refractivity contribution is 0.112. The van der Waals surface area contributed by atoms with Crippen molar-refractivity contribution in [1.29, 1.82) is 0 Å². The van der Waals surface area contributed by atoms with Crippen LogP contribution in [0.5, 0.6) is 0 Å². The summed E-state index contributed by atoms with van der Waals surface area (Å²) in [6.45, 7) is 2.02. The first-order chi connectivity index (χ1) is 8.11. The Hall–Kier alpha value is -1.31. The van der Waals surface area contributed by atoms with E-state index in [2.05, 4.69) is 0 Å². The topological polar surface area (TPSA) is 17.1 Å². The minimum atomic E-state index is 0.338. The molecule has 0 aromatic heterocycles. The van der Waals surface area contributed by atoms with E-state index >= 15 is 0 Å². The number of aryl methyl sites for hydroxylation is 1. The fourth-order valence-electron chi connectivity index (χ4n) is 1.69. The molecule has 0 atom stereocenters. The Balaban J connectivity index is 2.58. The zero-order valence-corrected chi connectivity index (χ0v) is 10.7. The number of carbonyl (C=O) groups excluding carboxylic acids is 1. The minimum absolute atomic E-state index is 0.338. The molecule has 0 amide bonds. The van der Waals surface area contributed by atoms with Crippen molar-refractivity contribution in [2.24, 2.45) is 0 Å². The molecular formula is C14H10Cl2O. The lowest BCUT2D eigenvalue weighted by atomic mass is 10.0. The molecule has 0 saturated heterocycles. The summed E-state index contributed by atoms with van der Waals surface area (Å²) in [7, 11) is 0. The third-order valence-electron chi connectivity index (χ3n) is 2.55. The lowest BCUT2D eigenvalue weighted by Crippen LogP contribution is -1.87. The normalized spacial score (nSPS) is 10.3. The maximum atomic E-state index is 10.8. The fourth-order valence-corrected chi connectivity index (χ4v) is 2.26. The quantitative estimate of drug-likeness (QED) is 0.714. The molecule has 86 valence electrons. The van der Waals surface area contributed by atoms with Crippen molar-refractivity contribution in [3.63, 3.8) is 0 Å². The molecule has 1 nitrogen and oxygen atoms in total. The van der Waals surface area contributed by atoms with E-state index in [9.17, 15) is 4.79 Å². The number of hydrogen-bond donors (Lipinski definition) is 0. The van der Waals surface area contributed by atoms with Gasteiger partial charge in [0.2, 0.25) is 0 Å². The van der Waals surface area contributed by atoms with E-state index in [-0.39, 0.29) is 0 Å². The van der Waals surface area contributed by atoms with Crippen LogP contribution in [-0.4, -0.2) is 6.29 Å². The van der Waals surface area contributed by atoms with Gasteiger partial charge in [0.15, 0.2) is 6.29 Å². The van der Waals surface area contributed by atoms with E-state index in [1.54, 1.807) is 12.1 Å². The maximum absolute atomic E-state index is 10.8. The highest BCUT2D eigenvalue weighted by Crippen LogP contribution is 2.31. The van der Waals surface area contributed by atoms with Gasteiger partial charge >= 0.3 is 0 Å². The Kier molecular flexibility index (Phi) is 3.51. The first-order valence-corrected chi connectivity index (χ1v) is 5.88. The standard InChI is InChI=1S/C14H10Cl2O/c1-9-3-2-4-10(5-9)11-6-13(15)12(8-17)14(16)7-11/h2-8H,1H3. The number of hydrogen-bond acceptors (Lipinski definition) is 1. The summed E-state index contributed by atoms with van der Waals surface area (Å²) >= 11 is 12.0. The van der Waals surface area contributed by atoms with Gasteiger partial charge in [-0.2, -0.15) is 0 Å². The number of halogens is 2. The van der Waals surface area contributed by atoms with E-state index in [1.165, 1.54) is 0 Å². The Morgan fingerprint density at radius 1 is 1.00 bits per heavy atom. The number of carbonyl (C=O) groups is 1. The average Bonchev–Trinajstić information content (AvgIpc) is 2.28. The van der Waals surface area contributed by atoms with Gasteiger partial charge in [0, 0.05) is 0 Å². The second-order valence-corrected chi connectivity index (χ2v) is 4.66. The first-order valence-electron chi connectivity index (χ1n) is 5.13. The Morgan fingerprint density at radius 2 is 1.65 bits per heavy atom. The van der Waals surface area contributed by atoms with Gasteiger partial charge in [0.25, 0.3) is 0 Å². The van der Waals surface area contributed by atoms with Crippen LogP contribution in [0.4, 0.5) is 0 Å². The zero-order valence-electron chi connectivity index (χ0n) is 9.21. The van der Waals surface area contributed by atoms with E-state index in [1.807, 2.05) is 31.2 Å². The van der Waals surface area contributed by atoms with E-state index < -0.39 is 0 Å². The van der Waals surface area contributed by atoms with Crippen LogP contribution in [0, 0.1) is 6.92 Å². The molecule has 17 heavy (non-hydrogen) atoms. The largest absolute Gasteiger partial charge is 0.298 e. The number of benzene rings is 2. The number of rotatable bonds is 2. The summed E-state index contributed by atoms with van der Waals surface area (Å²) < 4.78 is 0. The molecule has 0 radical (unpaired) electrons. The van der Waals surface area contributed by atoms with Gasteiger partial charge in [-0.1, -0.05) is 53.0 Å². The molecule has 0 N–H and O–H groups in total. The number of aldehydes is 1. The molecule has 0 aliphatic heterocycles. The highest BCUT2D eigenvalue weighted by molar-refractivity contribution is 6.38. The van der Waals surface area contributed by atoms with Gasteiger partial charge in [-0.3, -0.25) is 4.79 Å². The van der Waals surface area contributed by atoms with E-state index in [0.717, 1.165) is 16.7 Å². The summed E-state index contributed by atoms with van der Waals surface area (Å²) in [6.07, 6.45) is 0.671. The molecule has 0 spiro atoms. The summed E-state index contributed by atoms with van der Waals surface area (Å²) in [5, 5.41) is 0.757. The molecule has 0 heterocycles. The summed E-state index contributed by atoms with van der Waals surface area (Å²) in [4.78, 5) is 10.8. The van der Waals surface area contributed by atoms with Gasteiger partial charge < -0.3 is 0 Å². The highest BCUT2D eigenvalue weighted by atomic mass is 35.5. The molecule has 0 fully saturated rings. The van der Waals surface area contributed by atoms with Crippen molar-refractivity contribution < 1.29 is 4.79 Å². The molecule has 0 unspecified atom stereocenters. The lowest BCUT2D eigenvalue weighted by Gasteiger charge is -2.07. The van der Waals surface area contributed by atoms with Crippen LogP contribution in [-0.2, 0) is 0 Å². The summed E-state index contributed by atoms with van der Waals surface area (Å²) in [6, 6.07) is 11.5. The molecule has 0 saturated carbocycles. The van der Waals surface area contributed by atoms with Crippen LogP contribution < -0.4 is 0 Å². The second-order valence-electron chi connectivity index (χ2n) is 3.84. The van der Waals surface area contributed by atoms with Gasteiger partial charge in [0.05, 0.1) is 15.6 Å². The van der Waals surface area contributed by atoms with Crippen molar-refractivity contribution in [3.05, 3.63) is 57.6 Å². The van der Waals surface area contributed by atoms with Gasteiger partial charge in [-0.25, -0.2) is 0 Å². The van der Waals surface area contributed by atoms with Crippen LogP contribution >= 0.6 is 23.2 Å². The SMILES string of the molecule is Cc1cccc(-c2cc(Cl)c(C=O)c(Cl)c2)c1. The van der Waals surface area contributed by atoms with Crippen molar-refractivity contribution in [3.8, 4) is 11.1 Å². The fraction of sp³-hybridized carbons (Fsp3) is 0.0714. The van der Waals surface area contributed by atoms with Crippen LogP contribution in [0.25, 0.3) is 11.1 Å². The maximum Gasteiger partial charge on any atom is 0.153 e. The molecular weight excluding hydrogens is 255 g/mol. The first kappa shape index (κ1) is 12.2. The summed E-state index contributed by atoms with van der Waals surface area (Å²) in [5.41, 5.74) is 3.44. The minimum Gasteiger partial charge on any atom is -0.298 e. The van der Waals surface area contributed by atoms with E-state index in [4.69, 9.17) is 23.2 Å². The third kappa shape index (κ3) is 2.51. The monoisotopic (exact) mass is 264 g/mol. The van der Waals surface area contributed by atoms with Crippen molar-refractivity contribution in [1.82, 2.24) is 0 Å². The molecule has 3 heteroatoms. The van der Waals surface area contributed by atoms with Crippen LogP contribution in [0.2, 0.25) is 10.0 Å². The van der Waals surface area contributed by atoms with Crippen LogP contribution in [0.1, 0.15) is 15.9 Å². The molecule has 2 aromatic carbocycles.